The van der Waals surface area contributed by atoms with Gasteiger partial charge in [0.15, 0.2) is 5.69 Å². The van der Waals surface area contributed by atoms with E-state index in [4.69, 9.17) is 4.74 Å². The van der Waals surface area contributed by atoms with Crippen LogP contribution in [0.15, 0.2) is 59.5 Å². The molecule has 0 unspecified atom stereocenters. The van der Waals surface area contributed by atoms with E-state index in [9.17, 15) is 13.2 Å². The Labute approximate surface area is 175 Å². The standard InChI is InChI=1S/C22H23N3O4S/c1-29-17-11-8-12-18(15-17)30(27,28)24-22(26)20-19-13-6-3-7-14-25(19)21(23-20)16-9-4-2-5-10-16/h2,4-5,8-12,15H,3,6-7,13-14H2,1H3,(H,24,26). The van der Waals surface area contributed by atoms with Crippen molar-refractivity contribution in [3.8, 4) is 17.1 Å². The van der Waals surface area contributed by atoms with Gasteiger partial charge < -0.3 is 9.30 Å². The van der Waals surface area contributed by atoms with Crippen molar-refractivity contribution in [1.29, 1.82) is 0 Å². The summed E-state index contributed by atoms with van der Waals surface area (Å²) in [6.07, 6.45) is 3.66. The van der Waals surface area contributed by atoms with Crippen LogP contribution in [0.3, 0.4) is 0 Å². The van der Waals surface area contributed by atoms with Gasteiger partial charge in [-0.05, 0) is 31.4 Å². The van der Waals surface area contributed by atoms with Crippen molar-refractivity contribution < 1.29 is 17.9 Å². The molecule has 2 heterocycles. The summed E-state index contributed by atoms with van der Waals surface area (Å²) in [6, 6.07) is 15.6. The van der Waals surface area contributed by atoms with Crippen molar-refractivity contribution in [2.24, 2.45) is 0 Å². The van der Waals surface area contributed by atoms with Crippen LogP contribution in [-0.2, 0) is 23.0 Å². The van der Waals surface area contributed by atoms with Crippen molar-refractivity contribution in [3.63, 3.8) is 0 Å². The van der Waals surface area contributed by atoms with Crippen molar-refractivity contribution in [2.45, 2.75) is 37.1 Å². The first-order chi connectivity index (χ1) is 14.5. The molecule has 0 saturated carbocycles. The predicted octanol–water partition coefficient (Wildman–Crippen LogP) is 3.40. The van der Waals surface area contributed by atoms with Crippen LogP contribution in [0.1, 0.15) is 35.4 Å². The van der Waals surface area contributed by atoms with Crippen LogP contribution in [0.5, 0.6) is 5.75 Å². The first-order valence-corrected chi connectivity index (χ1v) is 11.3. The predicted molar refractivity (Wildman–Crippen MR) is 113 cm³/mol. The van der Waals surface area contributed by atoms with Crippen LogP contribution >= 0.6 is 0 Å². The molecule has 4 rings (SSSR count). The molecule has 1 aromatic heterocycles. The number of fused-ring (bicyclic) bond motifs is 1. The molecule has 8 heteroatoms. The normalized spacial score (nSPS) is 13.9. The van der Waals surface area contributed by atoms with Gasteiger partial charge in [-0.25, -0.2) is 18.1 Å². The zero-order valence-corrected chi connectivity index (χ0v) is 17.5. The fourth-order valence-electron chi connectivity index (χ4n) is 3.71. The van der Waals surface area contributed by atoms with E-state index in [2.05, 4.69) is 14.3 Å². The van der Waals surface area contributed by atoms with Gasteiger partial charge in [-0.15, -0.1) is 0 Å². The Balaban J connectivity index is 1.71. The van der Waals surface area contributed by atoms with Crippen molar-refractivity contribution in [3.05, 3.63) is 66.0 Å². The fraction of sp³-hybridized carbons (Fsp3) is 0.273. The molecule has 30 heavy (non-hydrogen) atoms. The average molecular weight is 426 g/mol. The molecule has 0 fully saturated rings. The van der Waals surface area contributed by atoms with Crippen LogP contribution in [0, 0.1) is 0 Å². The number of nitrogens with zero attached hydrogens (tertiary/aromatic N) is 2. The summed E-state index contributed by atoms with van der Waals surface area (Å²) in [5, 5.41) is 0. The molecule has 1 aliphatic heterocycles. The summed E-state index contributed by atoms with van der Waals surface area (Å²) in [7, 11) is -2.61. The molecule has 1 N–H and O–H groups in total. The third-order valence-electron chi connectivity index (χ3n) is 5.19. The van der Waals surface area contributed by atoms with E-state index in [-0.39, 0.29) is 10.6 Å². The van der Waals surface area contributed by atoms with Crippen molar-refractivity contribution in [2.75, 3.05) is 7.11 Å². The number of sulfonamides is 1. The van der Waals surface area contributed by atoms with Gasteiger partial charge in [0.05, 0.1) is 17.7 Å². The van der Waals surface area contributed by atoms with Crippen molar-refractivity contribution in [1.82, 2.24) is 14.3 Å². The SMILES string of the molecule is COc1cccc(S(=O)(=O)NC(=O)c2nc(-c3ccccc3)n3c2CCCCC3)c1. The number of carbonyl (C=O) groups excluding carboxylic acids is 1. The van der Waals surface area contributed by atoms with Crippen LogP contribution < -0.4 is 9.46 Å². The van der Waals surface area contributed by atoms with Gasteiger partial charge >= 0.3 is 0 Å². The lowest BCUT2D eigenvalue weighted by Crippen LogP contribution is -2.31. The zero-order valence-electron chi connectivity index (χ0n) is 16.7. The van der Waals surface area contributed by atoms with Gasteiger partial charge in [0.2, 0.25) is 0 Å². The summed E-state index contributed by atoms with van der Waals surface area (Å²) in [6.45, 7) is 0.752. The molecule has 0 atom stereocenters. The third kappa shape index (κ3) is 3.95. The molecule has 2 aromatic carbocycles. The number of carbonyl (C=O) groups is 1. The molecule has 0 bridgehead atoms. The summed E-state index contributed by atoms with van der Waals surface area (Å²) in [5.74, 6) is 0.370. The largest absolute Gasteiger partial charge is 0.497 e. The lowest BCUT2D eigenvalue weighted by atomic mass is 10.1. The third-order valence-corrected chi connectivity index (χ3v) is 6.52. The van der Waals surface area contributed by atoms with Gasteiger partial charge in [0.25, 0.3) is 15.9 Å². The Bertz CT molecular complexity index is 1170. The summed E-state index contributed by atoms with van der Waals surface area (Å²) in [4.78, 5) is 17.6. The van der Waals surface area contributed by atoms with Crippen LogP contribution in [0.25, 0.3) is 11.4 Å². The second kappa shape index (κ2) is 8.31. The van der Waals surface area contributed by atoms with Gasteiger partial charge in [-0.2, -0.15) is 0 Å². The molecule has 1 amide bonds. The number of benzene rings is 2. The van der Waals surface area contributed by atoms with E-state index in [0.29, 0.717) is 18.0 Å². The molecule has 7 nitrogen and oxygen atoms in total. The van der Waals surface area contributed by atoms with Crippen molar-refractivity contribution >= 4 is 15.9 Å². The minimum Gasteiger partial charge on any atom is -0.497 e. The Kier molecular flexibility index (Phi) is 5.59. The minimum absolute atomic E-state index is 0.0382. The maximum atomic E-state index is 13.0. The molecule has 1 aliphatic rings. The number of amides is 1. The quantitative estimate of drug-likeness (QED) is 0.677. The lowest BCUT2D eigenvalue weighted by Gasteiger charge is -2.09. The molecule has 0 radical (unpaired) electrons. The molecule has 3 aromatic rings. The fourth-order valence-corrected chi connectivity index (χ4v) is 4.69. The minimum atomic E-state index is -4.06. The van der Waals surface area contributed by atoms with Gasteiger partial charge in [-0.3, -0.25) is 4.79 Å². The summed E-state index contributed by atoms with van der Waals surface area (Å²) < 4.78 is 34.9. The lowest BCUT2D eigenvalue weighted by molar-refractivity contribution is 0.0976. The highest BCUT2D eigenvalue weighted by Crippen LogP contribution is 2.27. The van der Waals surface area contributed by atoms with E-state index in [1.54, 1.807) is 12.1 Å². The molecule has 156 valence electrons. The Morgan fingerprint density at radius 2 is 1.87 bits per heavy atom. The monoisotopic (exact) mass is 425 g/mol. The van der Waals surface area contributed by atoms with Crippen LogP contribution in [0.4, 0.5) is 0 Å². The van der Waals surface area contributed by atoms with E-state index >= 15 is 0 Å². The van der Waals surface area contributed by atoms with E-state index < -0.39 is 15.9 Å². The molecule has 0 saturated heterocycles. The Morgan fingerprint density at radius 3 is 2.63 bits per heavy atom. The zero-order chi connectivity index (χ0) is 21.1. The van der Waals surface area contributed by atoms with E-state index in [1.165, 1.54) is 19.2 Å². The smallest absolute Gasteiger partial charge is 0.285 e. The molecule has 0 aliphatic carbocycles. The number of rotatable bonds is 5. The van der Waals surface area contributed by atoms with E-state index in [1.807, 2.05) is 30.3 Å². The number of methoxy groups -OCH3 is 1. The van der Waals surface area contributed by atoms with E-state index in [0.717, 1.165) is 37.1 Å². The Hall–Kier alpha value is -3.13. The summed E-state index contributed by atoms with van der Waals surface area (Å²) in [5.41, 5.74) is 1.85. The number of aromatic nitrogens is 2. The second-order valence-electron chi connectivity index (χ2n) is 7.17. The number of hydrogen-bond donors (Lipinski definition) is 1. The van der Waals surface area contributed by atoms with Gasteiger partial charge in [-0.1, -0.05) is 42.8 Å². The maximum Gasteiger partial charge on any atom is 0.285 e. The van der Waals surface area contributed by atoms with Crippen LogP contribution in [0.2, 0.25) is 0 Å². The van der Waals surface area contributed by atoms with Crippen LogP contribution in [-0.4, -0.2) is 31.0 Å². The highest BCUT2D eigenvalue weighted by molar-refractivity contribution is 7.90. The number of ether oxygens (including phenoxy) is 1. The maximum absolute atomic E-state index is 13.0. The molecular weight excluding hydrogens is 402 g/mol. The van der Waals surface area contributed by atoms with Gasteiger partial charge in [0.1, 0.15) is 11.6 Å². The second-order valence-corrected chi connectivity index (χ2v) is 8.86. The summed E-state index contributed by atoms with van der Waals surface area (Å²) >= 11 is 0. The topological polar surface area (TPSA) is 90.3 Å². The first kappa shape index (κ1) is 20.2. The first-order valence-electron chi connectivity index (χ1n) is 9.85. The number of hydrogen-bond acceptors (Lipinski definition) is 5. The van der Waals surface area contributed by atoms with Gasteiger partial charge in [0, 0.05) is 18.2 Å². The molecule has 0 spiro atoms. The molecular formula is C22H23N3O4S. The highest BCUT2D eigenvalue weighted by Gasteiger charge is 2.27. The Morgan fingerprint density at radius 1 is 1.07 bits per heavy atom. The number of imidazole rings is 1. The number of nitrogens with one attached hydrogen (secondary N) is 1. The highest BCUT2D eigenvalue weighted by atomic mass is 32.2. The average Bonchev–Trinajstić information content (AvgIpc) is 2.95.